The molecule has 1 saturated heterocycles. The molecule has 0 bridgehead atoms. The largest absolute Gasteiger partial charge is 0.469 e. The van der Waals surface area contributed by atoms with Gasteiger partial charge < -0.3 is 14.2 Å². The van der Waals surface area contributed by atoms with Gasteiger partial charge in [-0.3, -0.25) is 14.3 Å². The lowest BCUT2D eigenvalue weighted by Crippen LogP contribution is -2.40. The maximum Gasteiger partial charge on any atom is 0.308 e. The molecule has 1 aliphatic heterocycles. The molecule has 1 aliphatic rings. The van der Waals surface area contributed by atoms with Crippen LogP contribution in [0.5, 0.6) is 0 Å². The van der Waals surface area contributed by atoms with Crippen molar-refractivity contribution in [2.45, 2.75) is 12.8 Å². The van der Waals surface area contributed by atoms with Gasteiger partial charge in [0, 0.05) is 32.5 Å². The number of hydrogen-bond acceptors (Lipinski definition) is 4. The Hall–Kier alpha value is -2.57. The quantitative estimate of drug-likeness (QED) is 0.799. The molecule has 0 atom stereocenters. The van der Waals surface area contributed by atoms with Crippen molar-refractivity contribution in [1.29, 1.82) is 0 Å². The summed E-state index contributed by atoms with van der Waals surface area (Å²) in [6.07, 6.45) is 6.65. The molecule has 3 rings (SSSR count). The fraction of sp³-hybridized carbons (Fsp3) is 0.438. The molecule has 0 spiro atoms. The van der Waals surface area contributed by atoms with Crippen molar-refractivity contribution in [3.05, 3.63) is 36.3 Å². The Morgan fingerprint density at radius 1 is 1.22 bits per heavy atom. The molecule has 2 aromatic rings. The van der Waals surface area contributed by atoms with Crippen LogP contribution in [0.25, 0.3) is 5.82 Å². The molecule has 7 nitrogen and oxygen atoms in total. The van der Waals surface area contributed by atoms with Gasteiger partial charge in [0.15, 0.2) is 0 Å². The summed E-state index contributed by atoms with van der Waals surface area (Å²) >= 11 is 0. The number of hydrogen-bond donors (Lipinski definition) is 0. The van der Waals surface area contributed by atoms with Crippen molar-refractivity contribution in [2.75, 3.05) is 20.2 Å². The number of methoxy groups -OCH3 is 1. The van der Waals surface area contributed by atoms with E-state index in [1.165, 1.54) is 7.11 Å². The number of likely N-dealkylation sites (tertiary alicyclic amines) is 1. The average Bonchev–Trinajstić information content (AvgIpc) is 3.22. The zero-order chi connectivity index (χ0) is 16.4. The number of amides is 1. The number of aryl methyl sites for hydroxylation is 1. The van der Waals surface area contributed by atoms with E-state index in [4.69, 9.17) is 4.74 Å². The maximum absolute atomic E-state index is 12.8. The molecule has 0 radical (unpaired) electrons. The van der Waals surface area contributed by atoms with Crippen molar-refractivity contribution >= 4 is 11.9 Å². The van der Waals surface area contributed by atoms with E-state index in [0.717, 1.165) is 5.82 Å². The van der Waals surface area contributed by atoms with E-state index in [0.29, 0.717) is 31.5 Å². The summed E-state index contributed by atoms with van der Waals surface area (Å²) in [4.78, 5) is 26.2. The number of esters is 1. The summed E-state index contributed by atoms with van der Waals surface area (Å²) in [6.45, 7) is 1.11. The molecule has 2 aromatic heterocycles. The third kappa shape index (κ3) is 2.86. The minimum absolute atomic E-state index is 0.0508. The van der Waals surface area contributed by atoms with E-state index < -0.39 is 0 Å². The Labute approximate surface area is 134 Å². The molecule has 1 fully saturated rings. The van der Waals surface area contributed by atoms with E-state index in [1.54, 1.807) is 15.8 Å². The number of piperidine rings is 1. The predicted molar refractivity (Wildman–Crippen MR) is 83.2 cm³/mol. The van der Waals surface area contributed by atoms with Gasteiger partial charge in [0.2, 0.25) is 0 Å². The zero-order valence-electron chi connectivity index (χ0n) is 13.3. The van der Waals surface area contributed by atoms with Crippen molar-refractivity contribution in [3.8, 4) is 5.82 Å². The first-order valence-corrected chi connectivity index (χ1v) is 7.64. The predicted octanol–water partition coefficient (Wildman–Crippen LogP) is 1.24. The Kier molecular flexibility index (Phi) is 4.18. The van der Waals surface area contributed by atoms with Crippen LogP contribution in [0.2, 0.25) is 0 Å². The van der Waals surface area contributed by atoms with Crippen molar-refractivity contribution in [3.63, 3.8) is 0 Å². The number of carbonyl (C=O) groups is 2. The second-order valence-corrected chi connectivity index (χ2v) is 5.69. The number of nitrogens with zero attached hydrogens (tertiary/aromatic N) is 4. The molecule has 0 N–H and O–H groups in total. The number of rotatable bonds is 3. The van der Waals surface area contributed by atoms with Gasteiger partial charge in [-0.1, -0.05) is 0 Å². The molecule has 1 amide bonds. The summed E-state index contributed by atoms with van der Waals surface area (Å²) in [6, 6.07) is 3.81. The van der Waals surface area contributed by atoms with Gasteiger partial charge >= 0.3 is 5.97 Å². The molecular formula is C16H20N4O3. The first-order valence-electron chi connectivity index (χ1n) is 7.64. The van der Waals surface area contributed by atoms with Crippen molar-refractivity contribution < 1.29 is 14.3 Å². The van der Waals surface area contributed by atoms with Crippen LogP contribution in [0, 0.1) is 5.92 Å². The molecule has 23 heavy (non-hydrogen) atoms. The Morgan fingerprint density at radius 2 is 1.87 bits per heavy atom. The van der Waals surface area contributed by atoms with Crippen LogP contribution in [-0.2, 0) is 16.6 Å². The van der Waals surface area contributed by atoms with Crippen LogP contribution >= 0.6 is 0 Å². The van der Waals surface area contributed by atoms with Crippen molar-refractivity contribution in [1.82, 2.24) is 19.2 Å². The molecule has 0 saturated carbocycles. The highest BCUT2D eigenvalue weighted by atomic mass is 16.5. The zero-order valence-corrected chi connectivity index (χ0v) is 13.3. The summed E-state index contributed by atoms with van der Waals surface area (Å²) in [7, 11) is 3.22. The summed E-state index contributed by atoms with van der Waals surface area (Å²) in [5.74, 6) is 0.397. The molecule has 0 aromatic carbocycles. The molecule has 0 aliphatic carbocycles. The fourth-order valence-electron chi connectivity index (χ4n) is 3.02. The highest BCUT2D eigenvalue weighted by Crippen LogP contribution is 2.22. The van der Waals surface area contributed by atoms with Gasteiger partial charge in [-0.25, -0.2) is 0 Å². The Bertz CT molecular complexity index is 697. The average molecular weight is 316 g/mol. The number of carbonyl (C=O) groups excluding carboxylic acids is 2. The lowest BCUT2D eigenvalue weighted by atomic mass is 9.96. The van der Waals surface area contributed by atoms with E-state index >= 15 is 0 Å². The van der Waals surface area contributed by atoms with E-state index in [-0.39, 0.29) is 17.8 Å². The van der Waals surface area contributed by atoms with E-state index in [2.05, 4.69) is 5.10 Å². The minimum atomic E-state index is -0.188. The van der Waals surface area contributed by atoms with Gasteiger partial charge in [-0.15, -0.1) is 0 Å². The molecule has 3 heterocycles. The molecular weight excluding hydrogens is 296 g/mol. The topological polar surface area (TPSA) is 69.4 Å². The minimum Gasteiger partial charge on any atom is -0.469 e. The highest BCUT2D eigenvalue weighted by Gasteiger charge is 2.30. The Balaban J connectivity index is 1.77. The van der Waals surface area contributed by atoms with Crippen LogP contribution < -0.4 is 0 Å². The molecule has 122 valence electrons. The standard InChI is InChI=1S/C16H20N4O3/c1-18-14(19-7-3-4-8-19)13(11-17-18)15(21)20-9-5-12(6-10-20)16(22)23-2/h3-4,7-8,11-12H,5-6,9-10H2,1-2H3. The lowest BCUT2D eigenvalue weighted by molar-refractivity contribution is -0.146. The highest BCUT2D eigenvalue weighted by molar-refractivity contribution is 5.97. The summed E-state index contributed by atoms with van der Waals surface area (Å²) in [5, 5.41) is 4.22. The number of ether oxygens (including phenoxy) is 1. The maximum atomic E-state index is 12.8. The van der Waals surface area contributed by atoms with Gasteiger partial charge in [0.05, 0.1) is 19.2 Å². The van der Waals surface area contributed by atoms with Crippen LogP contribution in [-0.4, -0.2) is 51.3 Å². The van der Waals surface area contributed by atoms with Crippen LogP contribution in [0.15, 0.2) is 30.7 Å². The molecule has 0 unspecified atom stereocenters. The number of aromatic nitrogens is 3. The van der Waals surface area contributed by atoms with Crippen molar-refractivity contribution in [2.24, 2.45) is 13.0 Å². The first kappa shape index (κ1) is 15.3. The fourth-order valence-corrected chi connectivity index (χ4v) is 3.02. The second-order valence-electron chi connectivity index (χ2n) is 5.69. The lowest BCUT2D eigenvalue weighted by Gasteiger charge is -2.30. The van der Waals surface area contributed by atoms with Crippen LogP contribution in [0.4, 0.5) is 0 Å². The van der Waals surface area contributed by atoms with Gasteiger partial charge in [-0.2, -0.15) is 5.10 Å². The summed E-state index contributed by atoms with van der Waals surface area (Å²) < 4.78 is 8.35. The SMILES string of the molecule is COC(=O)C1CCN(C(=O)c2cnn(C)c2-n2cccc2)CC1. The van der Waals surface area contributed by atoms with E-state index in [9.17, 15) is 9.59 Å². The normalized spacial score (nSPS) is 15.7. The van der Waals surface area contributed by atoms with Gasteiger partial charge in [0.1, 0.15) is 11.4 Å². The smallest absolute Gasteiger partial charge is 0.308 e. The molecule has 7 heteroatoms. The second kappa shape index (κ2) is 6.28. The van der Waals surface area contributed by atoms with Gasteiger partial charge in [0.25, 0.3) is 5.91 Å². The van der Waals surface area contributed by atoms with Crippen LogP contribution in [0.3, 0.4) is 0 Å². The van der Waals surface area contributed by atoms with E-state index in [1.807, 2.05) is 36.1 Å². The third-order valence-electron chi connectivity index (χ3n) is 4.30. The third-order valence-corrected chi connectivity index (χ3v) is 4.30. The van der Waals surface area contributed by atoms with Crippen LogP contribution in [0.1, 0.15) is 23.2 Å². The summed E-state index contributed by atoms with van der Waals surface area (Å²) in [5.41, 5.74) is 0.570. The first-order chi connectivity index (χ1) is 11.1. The Morgan fingerprint density at radius 3 is 2.48 bits per heavy atom. The monoisotopic (exact) mass is 316 g/mol. The van der Waals surface area contributed by atoms with Gasteiger partial charge in [-0.05, 0) is 25.0 Å².